The van der Waals surface area contributed by atoms with Gasteiger partial charge in [-0.05, 0) is 43.1 Å². The maximum Gasteiger partial charge on any atom is 0.103 e. The molecule has 0 saturated carbocycles. The highest BCUT2D eigenvalue weighted by Crippen LogP contribution is 2.11. The summed E-state index contributed by atoms with van der Waals surface area (Å²) < 4.78 is 10.4. The van der Waals surface area contributed by atoms with E-state index >= 15 is 0 Å². The molecular weight excluding hydrogens is 214 g/mol. The molecule has 2 aromatic rings. The van der Waals surface area contributed by atoms with Crippen molar-refractivity contribution < 1.29 is 8.83 Å². The van der Waals surface area contributed by atoms with Gasteiger partial charge < -0.3 is 14.2 Å². The van der Waals surface area contributed by atoms with Crippen molar-refractivity contribution in [3.05, 3.63) is 48.3 Å². The van der Waals surface area contributed by atoms with Crippen LogP contribution in [0.5, 0.6) is 0 Å². The molecule has 0 aliphatic carbocycles. The van der Waals surface area contributed by atoms with Gasteiger partial charge in [-0.25, -0.2) is 0 Å². The standard InChI is InChI=1S/C14H19NO2/c1-2-15-13(10-12-7-9-16-11-12)5-6-14-4-3-8-17-14/h3-4,7-9,11,13,15H,2,5-6,10H2,1H3. The molecule has 92 valence electrons. The van der Waals surface area contributed by atoms with E-state index in [2.05, 4.69) is 12.2 Å². The van der Waals surface area contributed by atoms with Crippen LogP contribution in [0.15, 0.2) is 45.8 Å². The lowest BCUT2D eigenvalue weighted by Crippen LogP contribution is -2.31. The first-order chi connectivity index (χ1) is 8.38. The molecule has 0 bridgehead atoms. The zero-order valence-corrected chi connectivity index (χ0v) is 10.2. The third-order valence-electron chi connectivity index (χ3n) is 2.87. The number of hydrogen-bond acceptors (Lipinski definition) is 3. The summed E-state index contributed by atoms with van der Waals surface area (Å²) >= 11 is 0. The fraction of sp³-hybridized carbons (Fsp3) is 0.429. The van der Waals surface area contributed by atoms with E-state index in [1.165, 1.54) is 5.56 Å². The van der Waals surface area contributed by atoms with Crippen LogP contribution >= 0.6 is 0 Å². The Morgan fingerprint density at radius 3 is 2.88 bits per heavy atom. The van der Waals surface area contributed by atoms with E-state index in [-0.39, 0.29) is 0 Å². The molecule has 0 fully saturated rings. The number of aryl methyl sites for hydroxylation is 1. The van der Waals surface area contributed by atoms with Gasteiger partial charge in [-0.15, -0.1) is 0 Å². The molecule has 0 aromatic carbocycles. The average Bonchev–Trinajstić information content (AvgIpc) is 2.99. The van der Waals surface area contributed by atoms with Gasteiger partial charge in [-0.1, -0.05) is 6.92 Å². The molecule has 0 aliphatic heterocycles. The normalized spacial score (nSPS) is 12.8. The summed E-state index contributed by atoms with van der Waals surface area (Å²) in [6, 6.07) is 6.47. The van der Waals surface area contributed by atoms with E-state index < -0.39 is 0 Å². The van der Waals surface area contributed by atoms with Crippen LogP contribution < -0.4 is 5.32 Å². The molecule has 1 unspecified atom stereocenters. The largest absolute Gasteiger partial charge is 0.472 e. The van der Waals surface area contributed by atoms with Crippen molar-refractivity contribution in [2.75, 3.05) is 6.54 Å². The topological polar surface area (TPSA) is 38.3 Å². The fourth-order valence-electron chi connectivity index (χ4n) is 2.03. The van der Waals surface area contributed by atoms with Gasteiger partial charge in [0.25, 0.3) is 0 Å². The molecule has 3 heteroatoms. The van der Waals surface area contributed by atoms with Gasteiger partial charge in [-0.2, -0.15) is 0 Å². The Balaban J connectivity index is 1.84. The number of nitrogens with one attached hydrogen (secondary N) is 1. The zero-order chi connectivity index (χ0) is 11.9. The lowest BCUT2D eigenvalue weighted by atomic mass is 10.0. The second-order valence-corrected chi connectivity index (χ2v) is 4.21. The quantitative estimate of drug-likeness (QED) is 0.798. The molecule has 0 saturated heterocycles. The zero-order valence-electron chi connectivity index (χ0n) is 10.2. The summed E-state index contributed by atoms with van der Waals surface area (Å²) in [6.07, 6.45) is 8.33. The van der Waals surface area contributed by atoms with Gasteiger partial charge in [0.2, 0.25) is 0 Å². The van der Waals surface area contributed by atoms with Gasteiger partial charge in [0.1, 0.15) is 5.76 Å². The Bertz CT molecular complexity index is 392. The first-order valence-corrected chi connectivity index (χ1v) is 6.15. The van der Waals surface area contributed by atoms with Crippen molar-refractivity contribution in [1.82, 2.24) is 5.32 Å². The molecule has 2 heterocycles. The van der Waals surface area contributed by atoms with Gasteiger partial charge >= 0.3 is 0 Å². The Morgan fingerprint density at radius 2 is 2.24 bits per heavy atom. The van der Waals surface area contributed by atoms with E-state index in [0.717, 1.165) is 31.6 Å². The minimum absolute atomic E-state index is 0.475. The van der Waals surface area contributed by atoms with Crippen LogP contribution in [0.4, 0.5) is 0 Å². The van der Waals surface area contributed by atoms with Gasteiger partial charge in [0.05, 0.1) is 18.8 Å². The first kappa shape index (κ1) is 12.0. The molecule has 2 rings (SSSR count). The maximum absolute atomic E-state index is 5.35. The Morgan fingerprint density at radius 1 is 1.29 bits per heavy atom. The van der Waals surface area contributed by atoms with Crippen LogP contribution in [0.1, 0.15) is 24.7 Å². The fourth-order valence-corrected chi connectivity index (χ4v) is 2.03. The van der Waals surface area contributed by atoms with Gasteiger partial charge in [-0.3, -0.25) is 0 Å². The number of rotatable bonds is 7. The molecule has 17 heavy (non-hydrogen) atoms. The maximum atomic E-state index is 5.35. The minimum Gasteiger partial charge on any atom is -0.472 e. The summed E-state index contributed by atoms with van der Waals surface area (Å²) in [7, 11) is 0. The number of likely N-dealkylation sites (N-methyl/N-ethyl adjacent to an activating group) is 1. The van der Waals surface area contributed by atoms with E-state index in [9.17, 15) is 0 Å². The molecule has 0 spiro atoms. The molecule has 1 atom stereocenters. The lowest BCUT2D eigenvalue weighted by Gasteiger charge is -2.16. The van der Waals surface area contributed by atoms with E-state index in [0.29, 0.717) is 6.04 Å². The van der Waals surface area contributed by atoms with Gasteiger partial charge in [0, 0.05) is 12.5 Å². The molecule has 0 amide bonds. The summed E-state index contributed by atoms with van der Waals surface area (Å²) in [5.74, 6) is 1.06. The number of hydrogen-bond donors (Lipinski definition) is 1. The van der Waals surface area contributed by atoms with Crippen LogP contribution in [0.2, 0.25) is 0 Å². The summed E-state index contributed by atoms with van der Waals surface area (Å²) in [4.78, 5) is 0. The van der Waals surface area contributed by atoms with Crippen LogP contribution in [-0.2, 0) is 12.8 Å². The van der Waals surface area contributed by atoms with E-state index in [1.807, 2.05) is 24.5 Å². The predicted octanol–water partition coefficient (Wildman–Crippen LogP) is 3.03. The highest BCUT2D eigenvalue weighted by Gasteiger charge is 2.10. The van der Waals surface area contributed by atoms with Crippen molar-refractivity contribution in [2.45, 2.75) is 32.2 Å². The first-order valence-electron chi connectivity index (χ1n) is 6.15. The average molecular weight is 233 g/mol. The van der Waals surface area contributed by atoms with Crippen molar-refractivity contribution >= 4 is 0 Å². The third kappa shape index (κ3) is 3.79. The van der Waals surface area contributed by atoms with Crippen molar-refractivity contribution in [3.63, 3.8) is 0 Å². The lowest BCUT2D eigenvalue weighted by molar-refractivity contribution is 0.446. The predicted molar refractivity (Wildman–Crippen MR) is 66.9 cm³/mol. The molecule has 0 aliphatic rings. The Labute approximate surface area is 102 Å². The monoisotopic (exact) mass is 233 g/mol. The molecule has 0 radical (unpaired) electrons. The van der Waals surface area contributed by atoms with Crippen LogP contribution in [0, 0.1) is 0 Å². The molecule has 1 N–H and O–H groups in total. The second-order valence-electron chi connectivity index (χ2n) is 4.21. The third-order valence-corrected chi connectivity index (χ3v) is 2.87. The number of furan rings is 2. The Hall–Kier alpha value is -1.48. The van der Waals surface area contributed by atoms with Crippen molar-refractivity contribution in [3.8, 4) is 0 Å². The SMILES string of the molecule is CCNC(CCc1ccco1)Cc1ccoc1. The van der Waals surface area contributed by atoms with Crippen molar-refractivity contribution in [1.29, 1.82) is 0 Å². The molecule has 2 aromatic heterocycles. The Kier molecular flexibility index (Phi) is 4.45. The van der Waals surface area contributed by atoms with Crippen molar-refractivity contribution in [2.24, 2.45) is 0 Å². The van der Waals surface area contributed by atoms with Crippen LogP contribution in [0.25, 0.3) is 0 Å². The summed E-state index contributed by atoms with van der Waals surface area (Å²) in [5, 5.41) is 3.50. The highest BCUT2D eigenvalue weighted by molar-refractivity contribution is 5.08. The van der Waals surface area contributed by atoms with E-state index in [1.54, 1.807) is 12.5 Å². The molecule has 3 nitrogen and oxygen atoms in total. The van der Waals surface area contributed by atoms with Crippen LogP contribution in [-0.4, -0.2) is 12.6 Å². The minimum atomic E-state index is 0.475. The summed E-state index contributed by atoms with van der Waals surface area (Å²) in [5.41, 5.74) is 1.25. The smallest absolute Gasteiger partial charge is 0.103 e. The summed E-state index contributed by atoms with van der Waals surface area (Å²) in [6.45, 7) is 3.12. The highest BCUT2D eigenvalue weighted by atomic mass is 16.3. The second kappa shape index (κ2) is 6.30. The van der Waals surface area contributed by atoms with Gasteiger partial charge in [0.15, 0.2) is 0 Å². The molecular formula is C14H19NO2. The van der Waals surface area contributed by atoms with Crippen LogP contribution in [0.3, 0.4) is 0 Å². The van der Waals surface area contributed by atoms with E-state index in [4.69, 9.17) is 8.83 Å².